The molecule has 1 aliphatic heterocycles. The van der Waals surface area contributed by atoms with E-state index in [9.17, 15) is 9.59 Å². The Morgan fingerprint density at radius 3 is 2.67 bits per heavy atom. The zero-order valence-corrected chi connectivity index (χ0v) is 20.6. The molecule has 1 saturated heterocycles. The second-order valence-electron chi connectivity index (χ2n) is 8.33. The topological polar surface area (TPSA) is 96.0 Å². The summed E-state index contributed by atoms with van der Waals surface area (Å²) in [4.78, 5) is 32.4. The van der Waals surface area contributed by atoms with Crippen molar-refractivity contribution in [1.29, 1.82) is 0 Å². The summed E-state index contributed by atoms with van der Waals surface area (Å²) in [6, 6.07) is -0.981. The van der Waals surface area contributed by atoms with Gasteiger partial charge in [0.05, 0.1) is 6.61 Å². The van der Waals surface area contributed by atoms with Crippen LogP contribution in [0.5, 0.6) is 0 Å². The molecule has 0 bridgehead atoms. The van der Waals surface area contributed by atoms with E-state index in [1.165, 1.54) is 11.3 Å². The molecular formula is C19H32BrN5O4S. The number of rotatable bonds is 8. The molecule has 2 rings (SSSR count). The average Bonchev–Trinajstić information content (AvgIpc) is 3.08. The van der Waals surface area contributed by atoms with Gasteiger partial charge in [0.25, 0.3) is 5.91 Å². The molecule has 170 valence electrons. The highest BCUT2D eigenvalue weighted by Crippen LogP contribution is 2.28. The van der Waals surface area contributed by atoms with Crippen LogP contribution < -0.4 is 10.7 Å². The third kappa shape index (κ3) is 8.10. The minimum absolute atomic E-state index is 0.276. The molecule has 1 aromatic heterocycles. The molecule has 2 heterocycles. The predicted molar refractivity (Wildman–Crippen MR) is 119 cm³/mol. The van der Waals surface area contributed by atoms with Crippen LogP contribution in [0.15, 0.2) is 9.98 Å². The van der Waals surface area contributed by atoms with Gasteiger partial charge in [-0.1, -0.05) is 0 Å². The molecule has 0 saturated carbocycles. The molecule has 1 fully saturated rings. The van der Waals surface area contributed by atoms with Crippen molar-refractivity contribution in [3.63, 3.8) is 0 Å². The number of alkyl carbamates (subject to hydrolysis) is 1. The Morgan fingerprint density at radius 2 is 2.13 bits per heavy atom. The van der Waals surface area contributed by atoms with Crippen LogP contribution in [0, 0.1) is 0 Å². The van der Waals surface area contributed by atoms with Crippen molar-refractivity contribution in [2.75, 3.05) is 40.3 Å². The monoisotopic (exact) mass is 505 g/mol. The SMILES string of the molecule is CN(C)CCO[C@H](c1nc(Br)cs1)[C@H](NC(=O)OC(C)(C)C)C(=O)N1CCCCN1. The zero-order valence-electron chi connectivity index (χ0n) is 18.2. The molecule has 0 radical (unpaired) electrons. The number of hydrogen-bond acceptors (Lipinski definition) is 8. The Kier molecular flexibility index (Phi) is 9.48. The highest BCUT2D eigenvalue weighted by molar-refractivity contribution is 9.10. The first-order valence-electron chi connectivity index (χ1n) is 9.98. The molecule has 1 aromatic rings. The number of aromatic nitrogens is 1. The lowest BCUT2D eigenvalue weighted by atomic mass is 10.1. The Hall–Kier alpha value is -1.27. The lowest BCUT2D eigenvalue weighted by molar-refractivity contribution is -0.142. The average molecular weight is 506 g/mol. The molecular weight excluding hydrogens is 474 g/mol. The summed E-state index contributed by atoms with van der Waals surface area (Å²) in [5, 5.41) is 6.72. The van der Waals surface area contributed by atoms with Crippen LogP contribution in [0.1, 0.15) is 44.7 Å². The quantitative estimate of drug-likeness (QED) is 0.560. The first kappa shape index (κ1) is 25.0. The summed E-state index contributed by atoms with van der Waals surface area (Å²) in [6.45, 7) is 7.65. The van der Waals surface area contributed by atoms with Crippen molar-refractivity contribution in [3.8, 4) is 0 Å². The Balaban J connectivity index is 2.29. The second kappa shape index (κ2) is 11.4. The van der Waals surface area contributed by atoms with Gasteiger partial charge < -0.3 is 19.7 Å². The fourth-order valence-corrected chi connectivity index (χ4v) is 4.16. The standard InChI is InChI=1S/C19H32BrN5O4S/c1-19(2,3)29-18(27)23-14(17(26)25-9-7-6-8-21-25)15(28-11-10-24(4)5)16-22-13(20)12-30-16/h12,14-15,21H,6-11H2,1-5H3,(H,23,27)/t14-,15-/m0/s1. The van der Waals surface area contributed by atoms with Crippen molar-refractivity contribution in [3.05, 3.63) is 15.0 Å². The molecule has 2 amide bonds. The van der Waals surface area contributed by atoms with Gasteiger partial charge in [-0.05, 0) is 63.6 Å². The van der Waals surface area contributed by atoms with Crippen molar-refractivity contribution >= 4 is 39.3 Å². The molecule has 11 heteroatoms. The van der Waals surface area contributed by atoms with Crippen LogP contribution in [0.3, 0.4) is 0 Å². The number of nitrogens with one attached hydrogen (secondary N) is 2. The van der Waals surface area contributed by atoms with Gasteiger partial charge in [0.2, 0.25) is 0 Å². The van der Waals surface area contributed by atoms with Gasteiger partial charge >= 0.3 is 6.09 Å². The predicted octanol–water partition coefficient (Wildman–Crippen LogP) is 2.55. The van der Waals surface area contributed by atoms with Gasteiger partial charge in [0, 0.05) is 25.0 Å². The highest BCUT2D eigenvalue weighted by atomic mass is 79.9. The lowest BCUT2D eigenvalue weighted by Gasteiger charge is -2.34. The number of hydrazine groups is 1. The number of thiazole rings is 1. The van der Waals surface area contributed by atoms with E-state index in [4.69, 9.17) is 9.47 Å². The van der Waals surface area contributed by atoms with Crippen molar-refractivity contribution < 1.29 is 19.1 Å². The Morgan fingerprint density at radius 1 is 1.40 bits per heavy atom. The van der Waals surface area contributed by atoms with Gasteiger partial charge in [0.15, 0.2) is 0 Å². The number of nitrogens with zero attached hydrogens (tertiary/aromatic N) is 3. The van der Waals surface area contributed by atoms with Crippen molar-refractivity contribution in [2.45, 2.75) is 51.4 Å². The number of hydrogen-bond donors (Lipinski definition) is 2. The summed E-state index contributed by atoms with van der Waals surface area (Å²) in [5.74, 6) is -0.276. The van der Waals surface area contributed by atoms with Crippen LogP contribution in [-0.4, -0.2) is 78.9 Å². The van der Waals surface area contributed by atoms with Gasteiger partial charge in [0.1, 0.15) is 27.4 Å². The van der Waals surface area contributed by atoms with E-state index in [0.29, 0.717) is 35.9 Å². The zero-order chi connectivity index (χ0) is 22.3. The molecule has 0 spiro atoms. The normalized spacial score (nSPS) is 17.0. The maximum absolute atomic E-state index is 13.4. The van der Waals surface area contributed by atoms with Crippen LogP contribution >= 0.6 is 27.3 Å². The maximum atomic E-state index is 13.4. The van der Waals surface area contributed by atoms with E-state index in [1.807, 2.05) is 24.4 Å². The first-order chi connectivity index (χ1) is 14.1. The van der Waals surface area contributed by atoms with Crippen LogP contribution in [0.4, 0.5) is 4.79 Å². The second-order valence-corrected chi connectivity index (χ2v) is 10.0. The molecule has 0 unspecified atom stereocenters. The summed E-state index contributed by atoms with van der Waals surface area (Å²) < 4.78 is 12.2. The summed E-state index contributed by atoms with van der Waals surface area (Å²) >= 11 is 4.73. The molecule has 30 heavy (non-hydrogen) atoms. The minimum atomic E-state index is -0.981. The number of halogens is 1. The molecule has 2 N–H and O–H groups in total. The highest BCUT2D eigenvalue weighted by Gasteiger charge is 2.38. The van der Waals surface area contributed by atoms with E-state index in [0.717, 1.165) is 12.8 Å². The Labute approximate surface area is 190 Å². The summed E-state index contributed by atoms with van der Waals surface area (Å²) in [6.07, 6.45) is 0.475. The van der Waals surface area contributed by atoms with Crippen molar-refractivity contribution in [2.24, 2.45) is 0 Å². The largest absolute Gasteiger partial charge is 0.444 e. The first-order valence-corrected chi connectivity index (χ1v) is 11.7. The van der Waals surface area contributed by atoms with Crippen molar-refractivity contribution in [1.82, 2.24) is 25.6 Å². The molecule has 0 aliphatic carbocycles. The van der Waals surface area contributed by atoms with Gasteiger partial charge in [-0.25, -0.2) is 15.2 Å². The van der Waals surface area contributed by atoms with E-state index in [-0.39, 0.29) is 5.91 Å². The maximum Gasteiger partial charge on any atom is 0.408 e. The summed E-state index contributed by atoms with van der Waals surface area (Å²) in [7, 11) is 3.88. The number of carbonyl (C=O) groups excluding carboxylic acids is 2. The smallest absolute Gasteiger partial charge is 0.408 e. The van der Waals surface area contributed by atoms with Gasteiger partial charge in [-0.3, -0.25) is 9.80 Å². The third-order valence-corrected chi connectivity index (χ3v) is 5.81. The van der Waals surface area contributed by atoms with E-state index in [1.54, 1.807) is 25.8 Å². The number of carbonyl (C=O) groups is 2. The Bertz CT molecular complexity index is 703. The fraction of sp³-hybridized carbons (Fsp3) is 0.737. The minimum Gasteiger partial charge on any atom is -0.444 e. The van der Waals surface area contributed by atoms with Crippen LogP contribution in [0.2, 0.25) is 0 Å². The number of ether oxygens (including phenoxy) is 2. The lowest BCUT2D eigenvalue weighted by Crippen LogP contribution is -2.58. The van der Waals surface area contributed by atoms with E-state index >= 15 is 0 Å². The van der Waals surface area contributed by atoms with Crippen LogP contribution in [-0.2, 0) is 14.3 Å². The number of amides is 2. The van der Waals surface area contributed by atoms with Gasteiger partial charge in [-0.2, -0.15) is 0 Å². The fourth-order valence-electron chi connectivity index (χ4n) is 2.82. The third-order valence-electron chi connectivity index (χ3n) is 4.19. The number of likely N-dealkylation sites (N-methyl/N-ethyl adjacent to an activating group) is 1. The van der Waals surface area contributed by atoms with E-state index in [2.05, 4.69) is 31.7 Å². The molecule has 2 atom stereocenters. The van der Waals surface area contributed by atoms with Crippen LogP contribution in [0.25, 0.3) is 0 Å². The molecule has 1 aliphatic rings. The van der Waals surface area contributed by atoms with Gasteiger partial charge in [-0.15, -0.1) is 11.3 Å². The molecule has 9 nitrogen and oxygen atoms in total. The summed E-state index contributed by atoms with van der Waals surface area (Å²) in [5.41, 5.74) is 2.42. The molecule has 0 aromatic carbocycles. The van der Waals surface area contributed by atoms with E-state index < -0.39 is 23.8 Å².